The number of nitrogens with one attached hydrogen (secondary N) is 2. The second-order valence-corrected chi connectivity index (χ2v) is 7.61. The van der Waals surface area contributed by atoms with Crippen LogP contribution in [-0.2, 0) is 6.42 Å². The highest BCUT2D eigenvalue weighted by molar-refractivity contribution is 6.03. The highest BCUT2D eigenvalue weighted by atomic mass is 16.5. The van der Waals surface area contributed by atoms with Crippen molar-refractivity contribution >= 4 is 28.9 Å². The third kappa shape index (κ3) is 5.96. The van der Waals surface area contributed by atoms with Gasteiger partial charge in [0.25, 0.3) is 11.8 Å². The van der Waals surface area contributed by atoms with Gasteiger partial charge in [0, 0.05) is 35.6 Å². The van der Waals surface area contributed by atoms with Gasteiger partial charge in [-0.1, -0.05) is 25.6 Å². The summed E-state index contributed by atoms with van der Waals surface area (Å²) in [7, 11) is 1.55. The first-order valence-electron chi connectivity index (χ1n) is 11.2. The predicted molar refractivity (Wildman–Crippen MR) is 138 cm³/mol. The van der Waals surface area contributed by atoms with Crippen LogP contribution in [0.15, 0.2) is 67.3 Å². The number of nitrogens with zero attached hydrogens (tertiary/aromatic N) is 2. The van der Waals surface area contributed by atoms with Crippen LogP contribution in [0.2, 0.25) is 0 Å². The highest BCUT2D eigenvalue weighted by Crippen LogP contribution is 2.28. The number of hydrogen-bond acceptors (Lipinski definition) is 6. The largest absolute Gasteiger partial charge is 0.495 e. The molecule has 0 spiro atoms. The van der Waals surface area contributed by atoms with E-state index in [0.29, 0.717) is 42.2 Å². The molecule has 0 atom stereocenters. The zero-order valence-corrected chi connectivity index (χ0v) is 19.9. The van der Waals surface area contributed by atoms with Gasteiger partial charge in [0.2, 0.25) is 0 Å². The van der Waals surface area contributed by atoms with Gasteiger partial charge < -0.3 is 26.8 Å². The van der Waals surface area contributed by atoms with Gasteiger partial charge in [-0.3, -0.25) is 9.59 Å². The summed E-state index contributed by atoms with van der Waals surface area (Å²) < 4.78 is 7.07. The molecule has 0 aliphatic carbocycles. The van der Waals surface area contributed by atoms with Crippen LogP contribution in [0.3, 0.4) is 0 Å². The van der Waals surface area contributed by atoms with Gasteiger partial charge in [0.05, 0.1) is 18.5 Å². The Morgan fingerprint density at radius 1 is 1.11 bits per heavy atom. The first-order valence-corrected chi connectivity index (χ1v) is 11.2. The molecule has 6 N–H and O–H groups in total. The Kier molecular flexibility index (Phi) is 8.42. The number of allylic oxidation sites excluding steroid dienone is 2. The molecule has 0 aliphatic rings. The average molecular weight is 475 g/mol. The minimum atomic E-state index is -0.369. The van der Waals surface area contributed by atoms with Crippen LogP contribution in [0.5, 0.6) is 5.75 Å². The molecule has 2 amide bonds. The molecule has 182 valence electrons. The number of carbonyl (C=O) groups excluding carboxylic acids is 2. The summed E-state index contributed by atoms with van der Waals surface area (Å²) in [6.07, 6.45) is 4.12. The Balaban J connectivity index is 1.86. The third-order valence-corrected chi connectivity index (χ3v) is 5.25. The van der Waals surface area contributed by atoms with Crippen LogP contribution in [0, 0.1) is 0 Å². The molecule has 35 heavy (non-hydrogen) atoms. The number of benzene rings is 2. The molecule has 9 heteroatoms. The van der Waals surface area contributed by atoms with Crippen LogP contribution in [0.4, 0.5) is 11.4 Å². The van der Waals surface area contributed by atoms with Gasteiger partial charge >= 0.3 is 0 Å². The minimum Gasteiger partial charge on any atom is -0.495 e. The van der Waals surface area contributed by atoms with Gasteiger partial charge in [0.1, 0.15) is 5.75 Å². The summed E-state index contributed by atoms with van der Waals surface area (Å²) in [5.41, 5.74) is 15.5. The smallest absolute Gasteiger partial charge is 0.276 e. The van der Waals surface area contributed by atoms with Crippen molar-refractivity contribution in [2.75, 3.05) is 31.2 Å². The molecule has 0 fully saturated rings. The van der Waals surface area contributed by atoms with E-state index in [0.717, 1.165) is 17.0 Å². The minimum absolute atomic E-state index is 0.222. The van der Waals surface area contributed by atoms with E-state index in [2.05, 4.69) is 22.3 Å². The fourth-order valence-electron chi connectivity index (χ4n) is 3.45. The number of hydrogen-bond donors (Lipinski definition) is 4. The van der Waals surface area contributed by atoms with Crippen LogP contribution in [0.25, 0.3) is 5.70 Å². The number of aromatic nitrogens is 2. The number of aryl methyl sites for hydroxylation is 1. The van der Waals surface area contributed by atoms with E-state index in [4.69, 9.17) is 16.2 Å². The van der Waals surface area contributed by atoms with E-state index in [-0.39, 0.29) is 17.5 Å². The van der Waals surface area contributed by atoms with Crippen LogP contribution in [-0.4, -0.2) is 41.8 Å². The summed E-state index contributed by atoms with van der Waals surface area (Å²) in [4.78, 5) is 25.0. The summed E-state index contributed by atoms with van der Waals surface area (Å²) in [5.74, 6) is -0.0482. The lowest BCUT2D eigenvalue weighted by Gasteiger charge is -2.13. The van der Waals surface area contributed by atoms with Crippen LogP contribution >= 0.6 is 0 Å². The molecule has 0 radical (unpaired) electrons. The van der Waals surface area contributed by atoms with E-state index in [1.807, 2.05) is 25.1 Å². The Morgan fingerprint density at radius 3 is 2.46 bits per heavy atom. The first-order chi connectivity index (χ1) is 16.9. The van der Waals surface area contributed by atoms with Crippen molar-refractivity contribution in [3.8, 4) is 5.75 Å². The molecule has 3 aromatic rings. The molecule has 3 rings (SSSR count). The van der Waals surface area contributed by atoms with Gasteiger partial charge in [0.15, 0.2) is 5.69 Å². The second-order valence-electron chi connectivity index (χ2n) is 7.61. The fourth-order valence-corrected chi connectivity index (χ4v) is 3.45. The molecule has 9 nitrogen and oxygen atoms in total. The standard InChI is InChI=1S/C26H30N6O3/c1-4-6-23(18-9-12-21(28)24(15-18)35-3)32-20(5-2)16-22(31-32)26(34)30-19-10-7-17(8-11-19)25(33)29-14-13-27/h4,6-12,15-16H,1,5,13-14,27-28H2,2-3H3,(H,29,33)(H,30,34)/b23-6-. The average Bonchev–Trinajstić information content (AvgIpc) is 3.31. The molecular formula is C26H30N6O3. The maximum Gasteiger partial charge on any atom is 0.276 e. The van der Waals surface area contributed by atoms with Gasteiger partial charge in [-0.05, 0) is 55.0 Å². The molecule has 0 saturated carbocycles. The van der Waals surface area contributed by atoms with E-state index < -0.39 is 0 Å². The number of ether oxygens (including phenoxy) is 1. The van der Waals surface area contributed by atoms with Crippen molar-refractivity contribution in [2.45, 2.75) is 13.3 Å². The molecule has 0 saturated heterocycles. The predicted octanol–water partition coefficient (Wildman–Crippen LogP) is 3.05. The molecule has 1 aromatic heterocycles. The van der Waals surface area contributed by atoms with Gasteiger partial charge in [-0.25, -0.2) is 4.68 Å². The van der Waals surface area contributed by atoms with Crippen molar-refractivity contribution < 1.29 is 14.3 Å². The maximum atomic E-state index is 13.0. The van der Waals surface area contributed by atoms with Crippen LogP contribution in [0.1, 0.15) is 39.0 Å². The molecular weight excluding hydrogens is 444 g/mol. The molecule has 1 heterocycles. The lowest BCUT2D eigenvalue weighted by molar-refractivity contribution is 0.0954. The maximum absolute atomic E-state index is 13.0. The fraction of sp³-hybridized carbons (Fsp3) is 0.192. The third-order valence-electron chi connectivity index (χ3n) is 5.25. The summed E-state index contributed by atoms with van der Waals surface area (Å²) in [6.45, 7) is 6.56. The Hall–Kier alpha value is -4.37. The number of nitrogen functional groups attached to an aromatic ring is 1. The van der Waals surface area contributed by atoms with Crippen LogP contribution < -0.4 is 26.8 Å². The molecule has 2 aromatic carbocycles. The second kappa shape index (κ2) is 11.7. The lowest BCUT2D eigenvalue weighted by atomic mass is 10.1. The molecule has 0 unspecified atom stereocenters. The number of anilines is 2. The van der Waals surface area contributed by atoms with Crippen molar-refractivity contribution in [2.24, 2.45) is 5.73 Å². The SMILES string of the molecule is C=C/C=C(/c1ccc(N)c(OC)c1)n1nc(C(=O)Nc2ccc(C(=O)NCCN)cc2)cc1CC. The highest BCUT2D eigenvalue weighted by Gasteiger charge is 2.18. The number of methoxy groups -OCH3 is 1. The number of nitrogens with two attached hydrogens (primary N) is 2. The van der Waals surface area contributed by atoms with Crippen molar-refractivity contribution in [3.63, 3.8) is 0 Å². The lowest BCUT2D eigenvalue weighted by Crippen LogP contribution is -2.28. The Morgan fingerprint density at radius 2 is 1.83 bits per heavy atom. The normalized spacial score (nSPS) is 11.1. The molecule has 0 bridgehead atoms. The van der Waals surface area contributed by atoms with Crippen molar-refractivity contribution in [1.82, 2.24) is 15.1 Å². The van der Waals surface area contributed by atoms with E-state index in [1.165, 1.54) is 0 Å². The summed E-state index contributed by atoms with van der Waals surface area (Å²) in [5, 5.41) is 10.1. The quantitative estimate of drug-likeness (QED) is 0.263. The van der Waals surface area contributed by atoms with Crippen molar-refractivity contribution in [1.29, 1.82) is 0 Å². The Bertz CT molecular complexity index is 1240. The van der Waals surface area contributed by atoms with Gasteiger partial charge in [-0.2, -0.15) is 5.10 Å². The topological polar surface area (TPSA) is 137 Å². The zero-order valence-electron chi connectivity index (χ0n) is 19.9. The zero-order chi connectivity index (χ0) is 25.4. The number of amides is 2. The monoisotopic (exact) mass is 474 g/mol. The summed E-state index contributed by atoms with van der Waals surface area (Å²) in [6, 6.07) is 13.8. The summed E-state index contributed by atoms with van der Waals surface area (Å²) >= 11 is 0. The van der Waals surface area contributed by atoms with Gasteiger partial charge in [-0.15, -0.1) is 0 Å². The van der Waals surface area contributed by atoms with E-state index >= 15 is 0 Å². The van der Waals surface area contributed by atoms with E-state index in [9.17, 15) is 9.59 Å². The number of rotatable bonds is 10. The van der Waals surface area contributed by atoms with Crippen molar-refractivity contribution in [3.05, 3.63) is 89.8 Å². The van der Waals surface area contributed by atoms with E-state index in [1.54, 1.807) is 54.3 Å². The number of carbonyl (C=O) groups is 2. The Labute approximate surface area is 204 Å². The first kappa shape index (κ1) is 25.3. The molecule has 0 aliphatic heterocycles.